The smallest absolute Gasteiger partial charge is 0.255 e. The van der Waals surface area contributed by atoms with Gasteiger partial charge in [-0.3, -0.25) is 4.79 Å². The van der Waals surface area contributed by atoms with Crippen LogP contribution in [0.1, 0.15) is 20.8 Å². The summed E-state index contributed by atoms with van der Waals surface area (Å²) in [7, 11) is 0. The zero-order valence-electron chi connectivity index (χ0n) is 7.86. The highest BCUT2D eigenvalue weighted by Gasteiger charge is 1.97. The summed E-state index contributed by atoms with van der Waals surface area (Å²) in [6.07, 6.45) is 2.82. The van der Waals surface area contributed by atoms with Gasteiger partial charge in [0.05, 0.1) is 0 Å². The minimum atomic E-state index is -1.50. The zero-order valence-corrected chi connectivity index (χ0v) is 7.86. The molecule has 0 atom stereocenters. The minimum Gasteiger partial charge on any atom is -0.255 e. The van der Waals surface area contributed by atoms with Crippen molar-refractivity contribution in [1.29, 1.82) is 0 Å². The number of hydrogen-bond acceptors (Lipinski definition) is 1. The van der Waals surface area contributed by atoms with E-state index in [1.165, 1.54) is 12.2 Å². The lowest BCUT2D eigenvalue weighted by Gasteiger charge is -1.86. The van der Waals surface area contributed by atoms with Crippen LogP contribution in [0.2, 0.25) is 0 Å². The lowest BCUT2D eigenvalue weighted by Crippen LogP contribution is -1.87. The SMILES string of the molecule is C=C(C)/C=C\C(=C)C(=O)F.CC. The summed E-state index contributed by atoms with van der Waals surface area (Å²) in [4.78, 5) is 9.91. The highest BCUT2D eigenvalue weighted by Crippen LogP contribution is 1.98. The molecule has 0 bridgehead atoms. The number of carbonyl (C=O) groups is 1. The first-order valence-corrected chi connectivity index (χ1v) is 3.76. The molecule has 0 radical (unpaired) electrons. The summed E-state index contributed by atoms with van der Waals surface area (Å²) in [5.74, 6) is 0. The maximum atomic E-state index is 11.7. The Hall–Kier alpha value is -1.18. The van der Waals surface area contributed by atoms with Gasteiger partial charge in [0.15, 0.2) is 0 Å². The molecule has 0 saturated heterocycles. The highest BCUT2D eigenvalue weighted by atomic mass is 19.1. The van der Waals surface area contributed by atoms with Crippen LogP contribution in [0.4, 0.5) is 4.39 Å². The van der Waals surface area contributed by atoms with Gasteiger partial charge in [-0.05, 0) is 13.0 Å². The van der Waals surface area contributed by atoms with Crippen LogP contribution in [0.3, 0.4) is 0 Å². The second kappa shape index (κ2) is 7.92. The summed E-state index contributed by atoms with van der Waals surface area (Å²) in [5.41, 5.74) is 0.602. The lowest BCUT2D eigenvalue weighted by molar-refractivity contribution is -0.124. The van der Waals surface area contributed by atoms with Crippen LogP contribution in [0, 0.1) is 0 Å². The average Bonchev–Trinajstić information content (AvgIpc) is 2.03. The molecule has 1 nitrogen and oxygen atoms in total. The lowest BCUT2D eigenvalue weighted by atomic mass is 10.2. The Morgan fingerprint density at radius 3 is 1.92 bits per heavy atom. The van der Waals surface area contributed by atoms with Gasteiger partial charge in [0, 0.05) is 5.57 Å². The molecule has 0 aromatic carbocycles. The zero-order chi connectivity index (χ0) is 10.1. The molecule has 0 aliphatic rings. The Labute approximate surface area is 73.3 Å². The van der Waals surface area contributed by atoms with Crippen molar-refractivity contribution in [2.75, 3.05) is 0 Å². The second-order valence-corrected chi connectivity index (χ2v) is 1.98. The van der Waals surface area contributed by atoms with Crippen LogP contribution in [0.15, 0.2) is 36.5 Å². The quantitative estimate of drug-likeness (QED) is 0.361. The van der Waals surface area contributed by atoms with Crippen molar-refractivity contribution < 1.29 is 9.18 Å². The van der Waals surface area contributed by atoms with E-state index in [-0.39, 0.29) is 5.57 Å². The maximum absolute atomic E-state index is 11.7. The topological polar surface area (TPSA) is 17.1 Å². The molecule has 68 valence electrons. The Morgan fingerprint density at radius 2 is 1.67 bits per heavy atom. The predicted molar refractivity (Wildman–Crippen MR) is 50.6 cm³/mol. The van der Waals surface area contributed by atoms with Crippen molar-refractivity contribution in [3.05, 3.63) is 36.5 Å². The number of rotatable bonds is 3. The van der Waals surface area contributed by atoms with Gasteiger partial charge in [-0.2, -0.15) is 4.39 Å². The van der Waals surface area contributed by atoms with Gasteiger partial charge in [0.25, 0.3) is 0 Å². The third-order valence-corrected chi connectivity index (χ3v) is 0.821. The molecule has 0 saturated carbocycles. The van der Waals surface area contributed by atoms with Crippen LogP contribution < -0.4 is 0 Å². The van der Waals surface area contributed by atoms with Crippen LogP contribution >= 0.6 is 0 Å². The first-order valence-electron chi connectivity index (χ1n) is 3.76. The fourth-order valence-corrected chi connectivity index (χ4v) is 0.308. The molecule has 0 aromatic heterocycles. The number of halogens is 1. The van der Waals surface area contributed by atoms with Crippen molar-refractivity contribution in [3.8, 4) is 0 Å². The first-order chi connectivity index (χ1) is 5.54. The Morgan fingerprint density at radius 1 is 1.25 bits per heavy atom. The molecular formula is C10H15FO. The molecule has 0 fully saturated rings. The van der Waals surface area contributed by atoms with E-state index in [1.54, 1.807) is 6.92 Å². The molecule has 0 amide bonds. The van der Waals surface area contributed by atoms with Gasteiger partial charge in [0.2, 0.25) is 0 Å². The van der Waals surface area contributed by atoms with Crippen molar-refractivity contribution in [1.82, 2.24) is 0 Å². The fraction of sp³-hybridized carbons (Fsp3) is 0.300. The largest absolute Gasteiger partial charge is 0.331 e. The van der Waals surface area contributed by atoms with Gasteiger partial charge < -0.3 is 0 Å². The number of hydrogen-bond donors (Lipinski definition) is 0. The monoisotopic (exact) mass is 170 g/mol. The van der Waals surface area contributed by atoms with Crippen molar-refractivity contribution >= 4 is 6.04 Å². The van der Waals surface area contributed by atoms with E-state index < -0.39 is 6.04 Å². The molecule has 0 aliphatic heterocycles. The molecule has 2 heteroatoms. The molecule has 0 heterocycles. The summed E-state index contributed by atoms with van der Waals surface area (Å²) < 4.78 is 11.7. The summed E-state index contributed by atoms with van der Waals surface area (Å²) in [6.45, 7) is 12.4. The predicted octanol–water partition coefficient (Wildman–Crippen LogP) is 3.20. The Bertz CT molecular complexity index is 202. The third-order valence-electron chi connectivity index (χ3n) is 0.821. The van der Waals surface area contributed by atoms with E-state index >= 15 is 0 Å². The van der Waals surface area contributed by atoms with Gasteiger partial charge in [-0.1, -0.05) is 38.7 Å². The van der Waals surface area contributed by atoms with Crippen LogP contribution in [0.5, 0.6) is 0 Å². The molecule has 0 spiro atoms. The highest BCUT2D eigenvalue weighted by molar-refractivity contribution is 5.89. The molecule has 0 unspecified atom stereocenters. The molecular weight excluding hydrogens is 155 g/mol. The van der Waals surface area contributed by atoms with E-state index in [1.807, 2.05) is 13.8 Å². The van der Waals surface area contributed by atoms with Crippen LogP contribution in [-0.4, -0.2) is 6.04 Å². The maximum Gasteiger partial charge on any atom is 0.331 e. The number of carbonyl (C=O) groups excluding carboxylic acids is 1. The molecule has 0 aromatic rings. The first kappa shape index (κ1) is 13.4. The van der Waals surface area contributed by atoms with Crippen molar-refractivity contribution in [3.63, 3.8) is 0 Å². The molecule has 0 rings (SSSR count). The summed E-state index contributed by atoms with van der Waals surface area (Å²) in [5, 5.41) is 0. The normalized spacial score (nSPS) is 8.67. The Balaban J connectivity index is 0. The van der Waals surface area contributed by atoms with E-state index in [9.17, 15) is 9.18 Å². The minimum absolute atomic E-state index is 0.150. The third kappa shape index (κ3) is 8.82. The second-order valence-electron chi connectivity index (χ2n) is 1.98. The molecule has 12 heavy (non-hydrogen) atoms. The molecule has 0 N–H and O–H groups in total. The van der Waals surface area contributed by atoms with Crippen molar-refractivity contribution in [2.24, 2.45) is 0 Å². The van der Waals surface area contributed by atoms with Gasteiger partial charge >= 0.3 is 6.04 Å². The molecule has 0 aliphatic carbocycles. The van der Waals surface area contributed by atoms with Gasteiger partial charge in [-0.25, -0.2) is 0 Å². The van der Waals surface area contributed by atoms with E-state index in [0.29, 0.717) is 0 Å². The van der Waals surface area contributed by atoms with Crippen molar-refractivity contribution in [2.45, 2.75) is 20.8 Å². The Kier molecular flexibility index (Phi) is 8.85. The average molecular weight is 170 g/mol. The van der Waals surface area contributed by atoms with E-state index in [4.69, 9.17) is 0 Å². The van der Waals surface area contributed by atoms with E-state index in [0.717, 1.165) is 5.57 Å². The summed E-state index contributed by atoms with van der Waals surface area (Å²) >= 11 is 0. The van der Waals surface area contributed by atoms with Gasteiger partial charge in [0.1, 0.15) is 0 Å². The fourth-order valence-electron chi connectivity index (χ4n) is 0.308. The van der Waals surface area contributed by atoms with Crippen LogP contribution in [-0.2, 0) is 4.79 Å². The van der Waals surface area contributed by atoms with Crippen LogP contribution in [0.25, 0.3) is 0 Å². The standard InChI is InChI=1S/C8H9FO.C2H6/c1-6(2)4-5-7(3)8(9)10;1-2/h4-5H,1,3H2,2H3;1-2H3/b5-4-;. The van der Waals surface area contributed by atoms with E-state index in [2.05, 4.69) is 13.2 Å². The summed E-state index contributed by atoms with van der Waals surface area (Å²) in [6, 6.07) is -1.50. The van der Waals surface area contributed by atoms with Gasteiger partial charge in [-0.15, -0.1) is 0 Å². The number of allylic oxidation sites excluding steroid dienone is 4.